The first-order chi connectivity index (χ1) is 41.3. The predicted molar refractivity (Wildman–Crippen MR) is 328 cm³/mol. The van der Waals surface area contributed by atoms with Gasteiger partial charge in [0.15, 0.2) is 0 Å². The summed E-state index contributed by atoms with van der Waals surface area (Å²) in [5.41, 5.74) is 3.28. The molecule has 0 spiro atoms. The maximum absolute atomic E-state index is 12.0. The summed E-state index contributed by atoms with van der Waals surface area (Å²) in [5, 5.41) is 8.31. The average Bonchev–Trinajstić information content (AvgIpc) is 4.45. The van der Waals surface area contributed by atoms with E-state index < -0.39 is 0 Å². The first-order valence-corrected chi connectivity index (χ1v) is 28.8. The van der Waals surface area contributed by atoms with Gasteiger partial charge in [-0.2, -0.15) is 0 Å². The van der Waals surface area contributed by atoms with Crippen molar-refractivity contribution in [3.63, 3.8) is 0 Å². The molecule has 0 bridgehead atoms. The van der Waals surface area contributed by atoms with Crippen LogP contribution in [0.5, 0.6) is 0 Å². The third-order valence-corrected chi connectivity index (χ3v) is 13.1. The summed E-state index contributed by atoms with van der Waals surface area (Å²) in [5.74, 6) is -2.75. The molecule has 5 aliphatic heterocycles. The maximum Gasteiger partial charge on any atom is 0.310 e. The topological polar surface area (TPSA) is 278 Å². The molecule has 5 aliphatic rings. The monoisotopic (exact) mass is 1400 g/mol. The van der Waals surface area contributed by atoms with Gasteiger partial charge in [0.05, 0.1) is 84.1 Å². The minimum atomic E-state index is -0.357. The largest absolute Gasteiger partial charge is 0.469 e. The SMILES string of the molecule is C=C1C=CC(=O)N1CC(C)C(=O)NCCOCC(C)C(=O)OC.C=C1C=CC(=O)N1CC(C)C(=O)NCCOCCNC(=O)C(C)CC.C=C1C=CC(=O)N1CC(C)C(=O)OC.C=C1C=CC(=O)N1CCOCCOCCC.C=C1C=CC(=O)N1C[CH2-].[Y].[Y]. The molecule has 0 aromatic rings. The molecule has 0 aromatic heterocycles. The van der Waals surface area contributed by atoms with Gasteiger partial charge in [-0.25, -0.2) is 0 Å². The molecular weight excluding hydrogens is 1300 g/mol. The molecule has 0 saturated heterocycles. The number of carbonyl (C=O) groups is 10. The smallest absolute Gasteiger partial charge is 0.310 e. The molecule has 0 fully saturated rings. The standard InChI is InChI=1S/C18H29N3O4.C16H24N2O5.C12H19NO3.C10H13NO3.C7H8NO.2Y/c1-5-13(2)17(23)19-8-10-25-11-9-20-18(24)14(3)12-21-15(4)6-7-16(21)22;1-11(9-18-13(3)5-6-14(18)19)15(20)17-7-8-23-10-12(2)16(21)22-4;1-3-7-15-9-10-16-8-6-13-11(2)4-5-12(13)14;1-7(10(13)14-3)6-11-8(2)4-5-9(11)12;1-3-8-6(2)4-5-7(8)9;;/h6-7,13-14H,4-5,8-12H2,1-3H3,(H,19,23)(H,20,24);5-6,11-12H,3,7-10H2,1-2,4H3,(H,17,20);4-5H,2-3,6-10H2,1H3;4-5,7H,2,6H2,1,3H3;4-5H,1-3H2;;/q;;;;-1;;. The summed E-state index contributed by atoms with van der Waals surface area (Å²) in [4.78, 5) is 122. The first kappa shape index (κ1) is 85.2. The van der Waals surface area contributed by atoms with E-state index in [1.807, 2.05) is 13.8 Å². The number of esters is 2. The Morgan fingerprint density at radius 3 is 1.07 bits per heavy atom. The van der Waals surface area contributed by atoms with Crippen molar-refractivity contribution in [1.82, 2.24) is 40.4 Å². The van der Waals surface area contributed by atoms with Gasteiger partial charge in [0.25, 0.3) is 23.6 Å². The average molecular weight is 1400 g/mol. The predicted octanol–water partition coefficient (Wildman–Crippen LogP) is 4.08. The first-order valence-electron chi connectivity index (χ1n) is 28.8. The summed E-state index contributed by atoms with van der Waals surface area (Å²) in [6, 6.07) is 0. The van der Waals surface area contributed by atoms with Crippen molar-refractivity contribution in [3.8, 4) is 0 Å². The number of ether oxygens (including phenoxy) is 6. The molecule has 24 nitrogen and oxygen atoms in total. The number of nitrogens with zero attached hydrogens (tertiary/aromatic N) is 5. The van der Waals surface area contributed by atoms with Crippen molar-refractivity contribution in [2.45, 2.75) is 61.3 Å². The zero-order valence-corrected chi connectivity index (χ0v) is 59.2. The Bertz CT molecular complexity index is 2490. The van der Waals surface area contributed by atoms with Gasteiger partial charge in [0, 0.05) is 183 Å². The Balaban J connectivity index is 0. The molecule has 89 heavy (non-hydrogen) atoms. The van der Waals surface area contributed by atoms with E-state index in [1.54, 1.807) is 63.0 Å². The Hall–Kier alpha value is -5.85. The third-order valence-electron chi connectivity index (χ3n) is 13.1. The molecule has 0 aromatic carbocycles. The van der Waals surface area contributed by atoms with Crippen LogP contribution in [0.15, 0.2) is 122 Å². The van der Waals surface area contributed by atoms with E-state index in [0.29, 0.717) is 103 Å². The van der Waals surface area contributed by atoms with Crippen LogP contribution in [0.4, 0.5) is 0 Å². The van der Waals surface area contributed by atoms with E-state index in [1.165, 1.54) is 64.2 Å². The van der Waals surface area contributed by atoms with Gasteiger partial charge < -0.3 is 75.8 Å². The minimum Gasteiger partial charge on any atom is -0.469 e. The van der Waals surface area contributed by atoms with Crippen molar-refractivity contribution in [1.29, 1.82) is 0 Å². The number of amides is 8. The second-order valence-corrected chi connectivity index (χ2v) is 20.2. The summed E-state index contributed by atoms with van der Waals surface area (Å²) in [6.07, 6.45) is 17.5. The fourth-order valence-electron chi connectivity index (χ4n) is 7.54. The van der Waals surface area contributed by atoms with Crippen LogP contribution < -0.4 is 16.0 Å². The molecule has 5 unspecified atom stereocenters. The fraction of sp³-hybridized carbons (Fsp3) is 0.508. The summed E-state index contributed by atoms with van der Waals surface area (Å²) in [7, 11) is 2.66. The molecule has 0 saturated carbocycles. The minimum absolute atomic E-state index is 0. The Kier molecular flexibility index (Phi) is 46.0. The van der Waals surface area contributed by atoms with E-state index in [-0.39, 0.29) is 167 Å². The number of methoxy groups -OCH3 is 2. The third kappa shape index (κ3) is 33.2. The Morgan fingerprint density at radius 1 is 0.427 bits per heavy atom. The van der Waals surface area contributed by atoms with Crippen LogP contribution in [0.3, 0.4) is 0 Å². The van der Waals surface area contributed by atoms with E-state index in [4.69, 9.17) is 18.9 Å². The van der Waals surface area contributed by atoms with Gasteiger partial charge in [0.2, 0.25) is 23.6 Å². The van der Waals surface area contributed by atoms with Gasteiger partial charge in [-0.1, -0.05) is 74.4 Å². The van der Waals surface area contributed by atoms with Crippen molar-refractivity contribution in [3.05, 3.63) is 129 Å². The van der Waals surface area contributed by atoms with Crippen molar-refractivity contribution >= 4 is 59.2 Å². The van der Waals surface area contributed by atoms with Gasteiger partial charge >= 0.3 is 11.9 Å². The zero-order valence-electron chi connectivity index (χ0n) is 53.6. The van der Waals surface area contributed by atoms with Crippen LogP contribution in [0, 0.1) is 36.5 Å². The van der Waals surface area contributed by atoms with Crippen molar-refractivity contribution < 1.29 is 142 Å². The fourth-order valence-corrected chi connectivity index (χ4v) is 7.54. The molecule has 488 valence electrons. The molecule has 5 atom stereocenters. The molecule has 5 rings (SSSR count). The zero-order chi connectivity index (χ0) is 65.6. The quantitative estimate of drug-likeness (QED) is 0.0486. The number of hydrogen-bond donors (Lipinski definition) is 3. The number of carbonyl (C=O) groups excluding carboxylic acids is 10. The molecule has 26 heteroatoms. The Morgan fingerprint density at radius 2 is 0.742 bits per heavy atom. The Labute approximate surface area is 576 Å². The number of allylic oxidation sites excluding steroid dienone is 5. The van der Waals surface area contributed by atoms with E-state index in [2.05, 4.69) is 72.2 Å². The molecular formula is C63H93N8O16Y2-. The van der Waals surface area contributed by atoms with Crippen LogP contribution >= 0.6 is 0 Å². The molecule has 3 N–H and O–H groups in total. The van der Waals surface area contributed by atoms with Crippen molar-refractivity contribution in [2.24, 2.45) is 29.6 Å². The maximum atomic E-state index is 12.0. The van der Waals surface area contributed by atoms with Gasteiger partial charge in [-0.3, -0.25) is 47.9 Å². The van der Waals surface area contributed by atoms with E-state index in [9.17, 15) is 47.9 Å². The van der Waals surface area contributed by atoms with Gasteiger partial charge in [-0.05, 0) is 50.1 Å². The normalized spacial score (nSPS) is 16.0. The number of hydrogen-bond acceptors (Lipinski definition) is 16. The van der Waals surface area contributed by atoms with Crippen LogP contribution in [-0.2, 0) is 142 Å². The van der Waals surface area contributed by atoms with Crippen LogP contribution in [0.2, 0.25) is 0 Å². The van der Waals surface area contributed by atoms with Gasteiger partial charge in [-0.15, -0.1) is 6.54 Å². The summed E-state index contributed by atoms with van der Waals surface area (Å²) in [6.45, 7) is 41.9. The van der Waals surface area contributed by atoms with Crippen LogP contribution in [0.1, 0.15) is 61.3 Å². The molecule has 5 heterocycles. The summed E-state index contributed by atoms with van der Waals surface area (Å²) < 4.78 is 30.5. The summed E-state index contributed by atoms with van der Waals surface area (Å²) >= 11 is 0. The molecule has 8 amide bonds. The molecule has 2 radical (unpaired) electrons. The van der Waals surface area contributed by atoms with Crippen molar-refractivity contribution in [2.75, 3.05) is 119 Å². The van der Waals surface area contributed by atoms with E-state index >= 15 is 0 Å². The second-order valence-electron chi connectivity index (χ2n) is 20.2. The number of rotatable bonds is 32. The molecule has 0 aliphatic carbocycles. The van der Waals surface area contributed by atoms with E-state index in [0.717, 1.165) is 30.8 Å². The second kappa shape index (κ2) is 48.0. The van der Waals surface area contributed by atoms with Crippen LogP contribution in [0.25, 0.3) is 0 Å². The number of nitrogens with one attached hydrogen (secondary N) is 3. The van der Waals surface area contributed by atoms with Crippen LogP contribution in [-0.4, -0.2) is 203 Å². The van der Waals surface area contributed by atoms with Gasteiger partial charge in [0.1, 0.15) is 0 Å².